The quantitative estimate of drug-likeness (QED) is 0.793. The van der Waals surface area contributed by atoms with Gasteiger partial charge in [0.1, 0.15) is 5.75 Å². The Kier molecular flexibility index (Phi) is 3.74. The largest absolute Gasteiger partial charge is 0.508 e. The van der Waals surface area contributed by atoms with E-state index < -0.39 is 0 Å². The standard InChI is InChI=1S/C17H26N2O/c1-18-11-12-7-8-17(19-2)14(9-12)5-3-13-4-6-15(20)10-16(13)17/h4,6,10,12,14,18-20H,3,5,7-9,11H2,1-2H3. The van der Waals surface area contributed by atoms with E-state index in [4.69, 9.17) is 0 Å². The van der Waals surface area contributed by atoms with Crippen molar-refractivity contribution in [2.45, 2.75) is 37.6 Å². The summed E-state index contributed by atoms with van der Waals surface area (Å²) in [6, 6.07) is 5.94. The van der Waals surface area contributed by atoms with E-state index in [0.717, 1.165) is 18.9 Å². The van der Waals surface area contributed by atoms with Gasteiger partial charge in [-0.3, -0.25) is 0 Å². The van der Waals surface area contributed by atoms with Gasteiger partial charge in [-0.15, -0.1) is 0 Å². The Balaban J connectivity index is 1.95. The third kappa shape index (κ3) is 2.13. The van der Waals surface area contributed by atoms with Crippen LogP contribution in [0.2, 0.25) is 0 Å². The van der Waals surface area contributed by atoms with E-state index >= 15 is 0 Å². The minimum atomic E-state index is 0.0799. The van der Waals surface area contributed by atoms with Gasteiger partial charge in [-0.25, -0.2) is 0 Å². The van der Waals surface area contributed by atoms with Crippen LogP contribution in [-0.4, -0.2) is 25.7 Å². The summed E-state index contributed by atoms with van der Waals surface area (Å²) < 4.78 is 0. The molecule has 3 heteroatoms. The maximum Gasteiger partial charge on any atom is 0.115 e. The lowest BCUT2D eigenvalue weighted by molar-refractivity contribution is 0.0932. The van der Waals surface area contributed by atoms with Crippen LogP contribution in [0.25, 0.3) is 0 Å². The second kappa shape index (κ2) is 5.38. The van der Waals surface area contributed by atoms with Gasteiger partial charge in [0.25, 0.3) is 0 Å². The maximum atomic E-state index is 9.89. The summed E-state index contributed by atoms with van der Waals surface area (Å²) in [5, 5.41) is 16.9. The first-order valence-electron chi connectivity index (χ1n) is 7.85. The highest BCUT2D eigenvalue weighted by Gasteiger charge is 2.46. The third-order valence-corrected chi connectivity index (χ3v) is 5.54. The number of rotatable bonds is 3. The Labute approximate surface area is 121 Å². The van der Waals surface area contributed by atoms with E-state index in [2.05, 4.69) is 23.7 Å². The molecule has 110 valence electrons. The lowest BCUT2D eigenvalue weighted by atomic mass is 9.60. The van der Waals surface area contributed by atoms with Crippen molar-refractivity contribution in [1.29, 1.82) is 0 Å². The molecule has 3 nitrogen and oxygen atoms in total. The molecule has 3 rings (SSSR count). The maximum absolute atomic E-state index is 9.89. The molecule has 0 aromatic heterocycles. The molecule has 0 aliphatic heterocycles. The van der Waals surface area contributed by atoms with E-state index in [-0.39, 0.29) is 5.54 Å². The number of phenolic OH excluding ortho intramolecular Hbond substituents is 1. The van der Waals surface area contributed by atoms with Crippen LogP contribution in [0.3, 0.4) is 0 Å². The number of fused-ring (bicyclic) bond motifs is 3. The SMILES string of the molecule is CNCC1CCC2(NC)c3cc(O)ccc3CCC2C1. The van der Waals surface area contributed by atoms with Crippen molar-refractivity contribution in [3.05, 3.63) is 29.3 Å². The molecule has 3 atom stereocenters. The summed E-state index contributed by atoms with van der Waals surface area (Å²) in [6.45, 7) is 1.13. The Hall–Kier alpha value is -1.06. The molecular formula is C17H26N2O. The third-order valence-electron chi connectivity index (χ3n) is 5.54. The van der Waals surface area contributed by atoms with E-state index in [9.17, 15) is 5.11 Å². The first kappa shape index (κ1) is 13.9. The molecule has 2 aliphatic rings. The predicted octanol–water partition coefficient (Wildman–Crippen LogP) is 2.39. The van der Waals surface area contributed by atoms with Gasteiger partial charge in [0, 0.05) is 5.54 Å². The zero-order valence-corrected chi connectivity index (χ0v) is 12.6. The van der Waals surface area contributed by atoms with Gasteiger partial charge in [0.2, 0.25) is 0 Å². The number of benzene rings is 1. The highest BCUT2D eigenvalue weighted by molar-refractivity contribution is 5.42. The van der Waals surface area contributed by atoms with Crippen LogP contribution in [0.1, 0.15) is 36.8 Å². The van der Waals surface area contributed by atoms with Crippen LogP contribution in [0, 0.1) is 11.8 Å². The van der Waals surface area contributed by atoms with Gasteiger partial charge in [0.05, 0.1) is 0 Å². The topological polar surface area (TPSA) is 44.3 Å². The highest BCUT2D eigenvalue weighted by Crippen LogP contribution is 2.50. The van der Waals surface area contributed by atoms with Gasteiger partial charge in [0.15, 0.2) is 0 Å². The zero-order valence-electron chi connectivity index (χ0n) is 12.6. The molecule has 0 heterocycles. The van der Waals surface area contributed by atoms with E-state index in [1.807, 2.05) is 19.2 Å². The van der Waals surface area contributed by atoms with Gasteiger partial charge in [-0.05, 0) is 87.8 Å². The number of hydrogen-bond acceptors (Lipinski definition) is 3. The number of hydrogen-bond donors (Lipinski definition) is 3. The van der Waals surface area contributed by atoms with Crippen molar-refractivity contribution in [3.8, 4) is 5.75 Å². The number of phenols is 1. The fourth-order valence-corrected chi connectivity index (χ4v) is 4.54. The minimum Gasteiger partial charge on any atom is -0.508 e. The molecule has 1 saturated carbocycles. The Morgan fingerprint density at radius 2 is 2.15 bits per heavy atom. The first-order valence-corrected chi connectivity index (χ1v) is 7.85. The van der Waals surface area contributed by atoms with Crippen molar-refractivity contribution < 1.29 is 5.11 Å². The second-order valence-corrected chi connectivity index (χ2v) is 6.50. The number of nitrogens with one attached hydrogen (secondary N) is 2. The summed E-state index contributed by atoms with van der Waals surface area (Å²) in [5.74, 6) is 1.88. The Morgan fingerprint density at radius 1 is 1.30 bits per heavy atom. The van der Waals surface area contributed by atoms with Crippen molar-refractivity contribution in [2.75, 3.05) is 20.6 Å². The Morgan fingerprint density at radius 3 is 2.90 bits per heavy atom. The molecule has 1 aromatic carbocycles. The summed E-state index contributed by atoms with van der Waals surface area (Å²) in [4.78, 5) is 0. The van der Waals surface area contributed by atoms with Crippen molar-refractivity contribution in [2.24, 2.45) is 11.8 Å². The molecule has 0 radical (unpaired) electrons. The van der Waals surface area contributed by atoms with Gasteiger partial charge in [-0.2, -0.15) is 0 Å². The molecule has 0 bridgehead atoms. The number of aromatic hydroxyl groups is 1. The average Bonchev–Trinajstić information content (AvgIpc) is 2.47. The van der Waals surface area contributed by atoms with Gasteiger partial charge in [-0.1, -0.05) is 6.07 Å². The molecule has 2 aliphatic carbocycles. The summed E-state index contributed by atoms with van der Waals surface area (Å²) in [7, 11) is 4.14. The van der Waals surface area contributed by atoms with Gasteiger partial charge >= 0.3 is 0 Å². The van der Waals surface area contributed by atoms with Crippen molar-refractivity contribution in [3.63, 3.8) is 0 Å². The van der Waals surface area contributed by atoms with Crippen LogP contribution in [0.4, 0.5) is 0 Å². The first-order chi connectivity index (χ1) is 9.69. The normalized spacial score (nSPS) is 32.5. The fourth-order valence-electron chi connectivity index (χ4n) is 4.54. The summed E-state index contributed by atoms with van der Waals surface area (Å²) in [5.41, 5.74) is 2.84. The Bertz CT molecular complexity index is 488. The average molecular weight is 274 g/mol. The van der Waals surface area contributed by atoms with Gasteiger partial charge < -0.3 is 15.7 Å². The van der Waals surface area contributed by atoms with Crippen molar-refractivity contribution >= 4 is 0 Å². The van der Waals surface area contributed by atoms with E-state index in [0.29, 0.717) is 11.7 Å². The highest BCUT2D eigenvalue weighted by atomic mass is 16.3. The fraction of sp³-hybridized carbons (Fsp3) is 0.647. The van der Waals surface area contributed by atoms with Crippen LogP contribution in [-0.2, 0) is 12.0 Å². The van der Waals surface area contributed by atoms with Crippen molar-refractivity contribution in [1.82, 2.24) is 10.6 Å². The molecule has 0 spiro atoms. The monoisotopic (exact) mass is 274 g/mol. The van der Waals surface area contributed by atoms with Crippen LogP contribution in [0.5, 0.6) is 5.75 Å². The summed E-state index contributed by atoms with van der Waals surface area (Å²) >= 11 is 0. The minimum absolute atomic E-state index is 0.0799. The molecule has 0 amide bonds. The van der Waals surface area contributed by atoms with Crippen LogP contribution >= 0.6 is 0 Å². The second-order valence-electron chi connectivity index (χ2n) is 6.50. The molecule has 1 fully saturated rings. The summed E-state index contributed by atoms with van der Waals surface area (Å²) in [6.07, 6.45) is 6.13. The molecule has 0 saturated heterocycles. The smallest absolute Gasteiger partial charge is 0.115 e. The molecule has 3 N–H and O–H groups in total. The lowest BCUT2D eigenvalue weighted by Crippen LogP contribution is -2.53. The van der Waals surface area contributed by atoms with E-state index in [1.54, 1.807) is 0 Å². The van der Waals surface area contributed by atoms with E-state index in [1.165, 1.54) is 36.8 Å². The molecule has 20 heavy (non-hydrogen) atoms. The predicted molar refractivity (Wildman–Crippen MR) is 81.9 cm³/mol. The zero-order chi connectivity index (χ0) is 14.2. The molecule has 1 aromatic rings. The molecule has 3 unspecified atom stereocenters. The lowest BCUT2D eigenvalue weighted by Gasteiger charge is -2.50. The number of aryl methyl sites for hydroxylation is 1. The van der Waals surface area contributed by atoms with Crippen LogP contribution in [0.15, 0.2) is 18.2 Å². The molecular weight excluding hydrogens is 248 g/mol. The van der Waals surface area contributed by atoms with Crippen LogP contribution < -0.4 is 10.6 Å².